The summed E-state index contributed by atoms with van der Waals surface area (Å²) in [5.74, 6) is 1.60. The lowest BCUT2D eigenvalue weighted by Crippen LogP contribution is -2.52. The maximum absolute atomic E-state index is 6.17. The molecule has 0 aromatic heterocycles. The number of methoxy groups -OCH3 is 1. The van der Waals surface area contributed by atoms with Gasteiger partial charge in [0.2, 0.25) is 0 Å². The maximum Gasteiger partial charge on any atom is 0.119 e. The molecule has 1 aliphatic heterocycles. The quantitative estimate of drug-likeness (QED) is 0.876. The molecule has 2 aliphatic rings. The van der Waals surface area contributed by atoms with E-state index in [2.05, 4.69) is 23.5 Å². The molecule has 2 unspecified atom stereocenters. The Balaban J connectivity index is 1.44. The van der Waals surface area contributed by atoms with Crippen LogP contribution in [0, 0.1) is 0 Å². The lowest BCUT2D eigenvalue weighted by Gasteiger charge is -2.33. The molecule has 23 heavy (non-hydrogen) atoms. The molecule has 1 aromatic rings. The third kappa shape index (κ3) is 4.46. The minimum atomic E-state index is 0.247. The summed E-state index contributed by atoms with van der Waals surface area (Å²) < 4.78 is 11.5. The van der Waals surface area contributed by atoms with Crippen LogP contribution in [0.2, 0.25) is 0 Å². The van der Waals surface area contributed by atoms with Crippen molar-refractivity contribution in [2.75, 3.05) is 20.3 Å². The van der Waals surface area contributed by atoms with Crippen LogP contribution in [0.25, 0.3) is 0 Å². The average Bonchev–Trinajstić information content (AvgIpc) is 2.61. The van der Waals surface area contributed by atoms with Crippen molar-refractivity contribution in [2.45, 2.75) is 62.6 Å². The third-order valence-corrected chi connectivity index (χ3v) is 5.39. The van der Waals surface area contributed by atoms with Crippen LogP contribution in [0.3, 0.4) is 0 Å². The van der Waals surface area contributed by atoms with Gasteiger partial charge in [0.25, 0.3) is 0 Å². The molecule has 0 spiro atoms. The van der Waals surface area contributed by atoms with Crippen molar-refractivity contribution in [2.24, 2.45) is 5.73 Å². The number of nitrogens with one attached hydrogen (secondary N) is 1. The van der Waals surface area contributed by atoms with Gasteiger partial charge in [-0.3, -0.25) is 0 Å². The standard InChI is InChI=1S/C19H30N2O2/c1-22-17-5-2-4-15(12-17)14-7-9-16(10-8-14)23-13-19-18(20)6-3-11-21-19/h2,4-5,12,14,16,18-19,21H,3,6-11,13,20H2,1H3. The summed E-state index contributed by atoms with van der Waals surface area (Å²) in [5, 5.41) is 3.49. The van der Waals surface area contributed by atoms with Gasteiger partial charge >= 0.3 is 0 Å². The van der Waals surface area contributed by atoms with Gasteiger partial charge < -0.3 is 20.5 Å². The number of hydrogen-bond acceptors (Lipinski definition) is 4. The van der Waals surface area contributed by atoms with Crippen molar-refractivity contribution in [3.8, 4) is 5.75 Å². The Morgan fingerprint density at radius 3 is 2.74 bits per heavy atom. The first-order valence-corrected chi connectivity index (χ1v) is 9.01. The van der Waals surface area contributed by atoms with E-state index in [1.165, 1.54) is 24.8 Å². The van der Waals surface area contributed by atoms with Crippen LogP contribution in [0.15, 0.2) is 24.3 Å². The summed E-state index contributed by atoms with van der Waals surface area (Å²) in [6.45, 7) is 1.83. The molecule has 3 N–H and O–H groups in total. The Bertz CT molecular complexity index is 486. The molecule has 128 valence electrons. The highest BCUT2D eigenvalue weighted by molar-refractivity contribution is 5.31. The van der Waals surface area contributed by atoms with E-state index in [1.54, 1.807) is 7.11 Å². The fourth-order valence-electron chi connectivity index (χ4n) is 3.86. The third-order valence-electron chi connectivity index (χ3n) is 5.39. The second-order valence-electron chi connectivity index (χ2n) is 6.95. The Kier molecular flexibility index (Phi) is 5.92. The van der Waals surface area contributed by atoms with Crippen molar-refractivity contribution in [1.82, 2.24) is 5.32 Å². The van der Waals surface area contributed by atoms with E-state index in [4.69, 9.17) is 15.2 Å². The van der Waals surface area contributed by atoms with Crippen LogP contribution >= 0.6 is 0 Å². The largest absolute Gasteiger partial charge is 0.497 e. The fourth-order valence-corrected chi connectivity index (χ4v) is 3.86. The molecule has 1 aliphatic carbocycles. The van der Waals surface area contributed by atoms with Crippen LogP contribution in [0.5, 0.6) is 5.75 Å². The molecule has 0 amide bonds. The summed E-state index contributed by atoms with van der Waals surface area (Å²) in [7, 11) is 1.73. The van der Waals surface area contributed by atoms with Gasteiger partial charge in [-0.25, -0.2) is 0 Å². The van der Waals surface area contributed by atoms with E-state index in [-0.39, 0.29) is 6.04 Å². The van der Waals surface area contributed by atoms with E-state index >= 15 is 0 Å². The zero-order valence-electron chi connectivity index (χ0n) is 14.2. The van der Waals surface area contributed by atoms with Gasteiger partial charge in [0.1, 0.15) is 5.75 Å². The summed E-state index contributed by atoms with van der Waals surface area (Å²) >= 11 is 0. The van der Waals surface area contributed by atoms with Gasteiger partial charge in [-0.15, -0.1) is 0 Å². The molecular formula is C19H30N2O2. The molecule has 0 bridgehead atoms. The summed E-state index contributed by atoms with van der Waals surface area (Å²) in [6.07, 6.45) is 7.37. The van der Waals surface area contributed by atoms with Crippen molar-refractivity contribution in [1.29, 1.82) is 0 Å². The van der Waals surface area contributed by atoms with Gasteiger partial charge in [0, 0.05) is 12.1 Å². The molecular weight excluding hydrogens is 288 g/mol. The highest BCUT2D eigenvalue weighted by atomic mass is 16.5. The summed E-state index contributed by atoms with van der Waals surface area (Å²) in [6, 6.07) is 9.08. The van der Waals surface area contributed by atoms with Crippen LogP contribution in [0.4, 0.5) is 0 Å². The predicted molar refractivity (Wildman–Crippen MR) is 92.9 cm³/mol. The van der Waals surface area contributed by atoms with Crippen LogP contribution in [-0.2, 0) is 4.74 Å². The Morgan fingerprint density at radius 2 is 2.00 bits per heavy atom. The molecule has 1 saturated carbocycles. The molecule has 1 aromatic carbocycles. The average molecular weight is 318 g/mol. The molecule has 3 rings (SSSR count). The highest BCUT2D eigenvalue weighted by Gasteiger charge is 2.26. The van der Waals surface area contributed by atoms with Crippen molar-refractivity contribution in [3.63, 3.8) is 0 Å². The van der Waals surface area contributed by atoms with Gasteiger partial charge in [-0.05, 0) is 68.7 Å². The maximum atomic E-state index is 6.17. The lowest BCUT2D eigenvalue weighted by molar-refractivity contribution is 0.00619. The molecule has 2 atom stereocenters. The highest BCUT2D eigenvalue weighted by Crippen LogP contribution is 2.35. The zero-order valence-corrected chi connectivity index (χ0v) is 14.2. The van der Waals surface area contributed by atoms with Gasteiger partial charge in [-0.1, -0.05) is 12.1 Å². The van der Waals surface area contributed by atoms with Crippen LogP contribution in [-0.4, -0.2) is 38.4 Å². The van der Waals surface area contributed by atoms with Gasteiger partial charge in [0.05, 0.1) is 19.8 Å². The second kappa shape index (κ2) is 8.13. The number of ether oxygens (including phenoxy) is 2. The topological polar surface area (TPSA) is 56.5 Å². The molecule has 4 heteroatoms. The first kappa shape index (κ1) is 16.7. The molecule has 4 nitrogen and oxygen atoms in total. The molecule has 2 fully saturated rings. The fraction of sp³-hybridized carbons (Fsp3) is 0.684. The number of benzene rings is 1. The van der Waals surface area contributed by atoms with E-state index < -0.39 is 0 Å². The first-order chi connectivity index (χ1) is 11.3. The minimum Gasteiger partial charge on any atom is -0.497 e. The Labute approximate surface area is 139 Å². The molecule has 1 saturated heterocycles. The number of rotatable bonds is 5. The Morgan fingerprint density at radius 1 is 1.17 bits per heavy atom. The van der Waals surface area contributed by atoms with Gasteiger partial charge in [-0.2, -0.15) is 0 Å². The minimum absolute atomic E-state index is 0.247. The van der Waals surface area contributed by atoms with E-state index in [1.807, 2.05) is 6.07 Å². The van der Waals surface area contributed by atoms with Crippen LogP contribution < -0.4 is 15.8 Å². The van der Waals surface area contributed by atoms with E-state index in [0.717, 1.165) is 38.2 Å². The number of hydrogen-bond donors (Lipinski definition) is 2. The second-order valence-corrected chi connectivity index (χ2v) is 6.95. The van der Waals surface area contributed by atoms with Gasteiger partial charge in [0.15, 0.2) is 0 Å². The Hall–Kier alpha value is -1.10. The van der Waals surface area contributed by atoms with Crippen molar-refractivity contribution < 1.29 is 9.47 Å². The van der Waals surface area contributed by atoms with E-state index in [9.17, 15) is 0 Å². The monoisotopic (exact) mass is 318 g/mol. The summed E-state index contributed by atoms with van der Waals surface area (Å²) in [4.78, 5) is 0. The number of piperidine rings is 1. The zero-order chi connectivity index (χ0) is 16.1. The number of nitrogens with two attached hydrogens (primary N) is 1. The molecule has 1 heterocycles. The normalized spacial score (nSPS) is 31.7. The van der Waals surface area contributed by atoms with E-state index in [0.29, 0.717) is 18.1 Å². The van der Waals surface area contributed by atoms with Crippen LogP contribution in [0.1, 0.15) is 50.0 Å². The molecule has 0 radical (unpaired) electrons. The van der Waals surface area contributed by atoms with Crippen molar-refractivity contribution >= 4 is 0 Å². The SMILES string of the molecule is COc1cccc(C2CCC(OCC3NCCCC3N)CC2)c1. The first-order valence-electron chi connectivity index (χ1n) is 9.01. The smallest absolute Gasteiger partial charge is 0.119 e. The summed E-state index contributed by atoms with van der Waals surface area (Å²) in [5.41, 5.74) is 7.57. The lowest BCUT2D eigenvalue weighted by atomic mass is 9.82. The van der Waals surface area contributed by atoms with Crippen molar-refractivity contribution in [3.05, 3.63) is 29.8 Å². The predicted octanol–water partition coefficient (Wildman–Crippen LogP) is 2.82.